The summed E-state index contributed by atoms with van der Waals surface area (Å²) in [4.78, 5) is 10.3. The van der Waals surface area contributed by atoms with Crippen LogP contribution in [0.15, 0.2) is 0 Å². The van der Waals surface area contributed by atoms with Crippen LogP contribution in [0.5, 0.6) is 0 Å². The number of rotatable bonds is 4. The third kappa shape index (κ3) is 4.36. The zero-order chi connectivity index (χ0) is 8.85. The smallest absolute Gasteiger partial charge is 0.221 e. The summed E-state index contributed by atoms with van der Waals surface area (Å²) in [6, 6.07) is 0. The molecule has 0 saturated carbocycles. The molecule has 0 aliphatic carbocycles. The molecule has 4 heteroatoms. The van der Waals surface area contributed by atoms with Gasteiger partial charge in [-0.25, -0.2) is 0 Å². The van der Waals surface area contributed by atoms with Crippen molar-refractivity contribution in [3.05, 3.63) is 5.21 Å². The van der Waals surface area contributed by atoms with E-state index >= 15 is 0 Å². The molecule has 0 saturated heterocycles. The Bertz CT molecular complexity index is 171. The molecule has 0 radical (unpaired) electrons. The minimum absolute atomic E-state index is 0.0257. The fraction of sp³-hybridized carbons (Fsp3) is 0.714. The topological polar surface area (TPSA) is 63.4 Å². The van der Waals surface area contributed by atoms with Gasteiger partial charge >= 0.3 is 0 Å². The summed E-state index contributed by atoms with van der Waals surface area (Å²) in [7, 11) is 0. The van der Waals surface area contributed by atoms with Crippen molar-refractivity contribution in [2.24, 2.45) is 0 Å². The largest absolute Gasteiger partial charge is 0.418 e. The van der Waals surface area contributed by atoms with E-state index in [9.17, 15) is 10.0 Å². The fourth-order valence-corrected chi connectivity index (χ4v) is 0.728. The number of hydrogen-bond acceptors (Lipinski definition) is 3. The van der Waals surface area contributed by atoms with Crippen LogP contribution in [0.2, 0.25) is 0 Å². The van der Waals surface area contributed by atoms with E-state index in [0.717, 1.165) is 0 Å². The Morgan fingerprint density at radius 2 is 2.09 bits per heavy atom. The van der Waals surface area contributed by atoms with E-state index in [1.807, 2.05) is 0 Å². The highest BCUT2D eigenvalue weighted by Crippen LogP contribution is 1.97. The van der Waals surface area contributed by atoms with Crippen molar-refractivity contribution < 1.29 is 14.9 Å². The second-order valence-electron chi connectivity index (χ2n) is 2.39. The highest BCUT2D eigenvalue weighted by molar-refractivity contribution is 5.85. The molecule has 0 unspecified atom stereocenters. The van der Waals surface area contributed by atoms with E-state index < -0.39 is 0 Å². The Kier molecular flexibility index (Phi) is 4.26. The number of ketones is 1. The molecule has 11 heavy (non-hydrogen) atoms. The van der Waals surface area contributed by atoms with Crippen LogP contribution in [0.1, 0.15) is 33.1 Å². The number of carbonyl (C=O) groups is 1. The first-order valence-corrected chi connectivity index (χ1v) is 3.58. The zero-order valence-corrected chi connectivity index (χ0v) is 6.83. The fourth-order valence-electron chi connectivity index (χ4n) is 0.728. The second kappa shape index (κ2) is 4.71. The maximum Gasteiger partial charge on any atom is 0.221 e. The molecule has 0 atom stereocenters. The van der Waals surface area contributed by atoms with Crippen molar-refractivity contribution in [1.82, 2.24) is 0 Å². The highest BCUT2D eigenvalue weighted by Gasteiger charge is 2.08. The first-order valence-electron chi connectivity index (χ1n) is 3.58. The summed E-state index contributed by atoms with van der Waals surface area (Å²) >= 11 is 0. The van der Waals surface area contributed by atoms with Gasteiger partial charge in [-0.15, -0.1) is 0 Å². The number of hydrogen-bond donors (Lipinski definition) is 1. The van der Waals surface area contributed by atoms with E-state index in [1.54, 1.807) is 6.92 Å². The third-order valence-electron chi connectivity index (χ3n) is 1.44. The number of nitrogens with zero attached hydrogens (tertiary/aromatic N) is 1. The van der Waals surface area contributed by atoms with Crippen LogP contribution in [0.25, 0.3) is 0 Å². The quantitative estimate of drug-likeness (QED) is 0.289. The Labute approximate surface area is 65.7 Å². The highest BCUT2D eigenvalue weighted by atomic mass is 16.8. The lowest BCUT2D eigenvalue weighted by molar-refractivity contribution is -0.727. The minimum atomic E-state index is -0.150. The van der Waals surface area contributed by atoms with E-state index in [-0.39, 0.29) is 10.7 Å². The van der Waals surface area contributed by atoms with Gasteiger partial charge < -0.3 is 10.0 Å². The summed E-state index contributed by atoms with van der Waals surface area (Å²) in [5, 5.41) is 18.8. The molecule has 0 fully saturated rings. The van der Waals surface area contributed by atoms with E-state index in [1.165, 1.54) is 6.92 Å². The third-order valence-corrected chi connectivity index (χ3v) is 1.44. The van der Waals surface area contributed by atoms with Crippen molar-refractivity contribution >= 4 is 11.5 Å². The zero-order valence-electron chi connectivity index (χ0n) is 6.83. The monoisotopic (exact) mass is 159 g/mol. The summed E-state index contributed by atoms with van der Waals surface area (Å²) in [5.41, 5.74) is 0.347. The molecular formula is C7H13NO3. The van der Waals surface area contributed by atoms with Gasteiger partial charge in [0, 0.05) is 24.2 Å². The predicted octanol–water partition coefficient (Wildman–Crippen LogP) is 1.11. The molecule has 0 aromatic carbocycles. The van der Waals surface area contributed by atoms with Crippen LogP contribution >= 0.6 is 0 Å². The molecular weight excluding hydrogens is 146 g/mol. The second-order valence-corrected chi connectivity index (χ2v) is 2.39. The minimum Gasteiger partial charge on any atom is -0.418 e. The average molecular weight is 159 g/mol. The lowest BCUT2D eigenvalue weighted by Crippen LogP contribution is -2.12. The summed E-state index contributed by atoms with van der Waals surface area (Å²) < 4.78 is 0. The summed E-state index contributed by atoms with van der Waals surface area (Å²) in [6.45, 7) is 3.22. The van der Waals surface area contributed by atoms with Crippen LogP contribution < -0.4 is 0 Å². The molecule has 0 amide bonds. The van der Waals surface area contributed by atoms with Crippen LogP contribution in [0.3, 0.4) is 0 Å². The van der Waals surface area contributed by atoms with Gasteiger partial charge in [-0.1, -0.05) is 6.92 Å². The molecule has 4 nitrogen and oxygen atoms in total. The molecule has 0 aromatic heterocycles. The van der Waals surface area contributed by atoms with Gasteiger partial charge in [0.05, 0.1) is 0 Å². The molecule has 0 bridgehead atoms. The lowest BCUT2D eigenvalue weighted by atomic mass is 10.1. The molecule has 0 spiro atoms. The average Bonchev–Trinajstić information content (AvgIpc) is 1.87. The van der Waals surface area contributed by atoms with Gasteiger partial charge in [-0.05, 0) is 6.92 Å². The molecule has 0 aromatic rings. The maximum absolute atomic E-state index is 10.5. The van der Waals surface area contributed by atoms with E-state index in [4.69, 9.17) is 5.21 Å². The summed E-state index contributed by atoms with van der Waals surface area (Å²) in [6.07, 6.45) is 1.15. The molecule has 0 rings (SSSR count). The molecule has 0 heterocycles. The first kappa shape index (κ1) is 9.94. The van der Waals surface area contributed by atoms with Crippen LogP contribution in [-0.4, -0.2) is 21.6 Å². The predicted molar refractivity (Wildman–Crippen MR) is 40.6 cm³/mol. The molecule has 1 N–H and O–H groups in total. The SMILES string of the molecule is CC/C(CCC(C)=O)=[N+](/[O-])O. The molecule has 64 valence electrons. The van der Waals surface area contributed by atoms with Gasteiger partial charge in [0.2, 0.25) is 5.71 Å². The first-order chi connectivity index (χ1) is 5.07. The molecule has 0 aliphatic heterocycles. The van der Waals surface area contributed by atoms with Crippen molar-refractivity contribution in [3.8, 4) is 0 Å². The Balaban J connectivity index is 3.91. The van der Waals surface area contributed by atoms with Gasteiger partial charge in [-0.2, -0.15) is 0 Å². The lowest BCUT2D eigenvalue weighted by Gasteiger charge is -1.96. The molecule has 0 aliphatic rings. The van der Waals surface area contributed by atoms with Gasteiger partial charge in [0.25, 0.3) is 0 Å². The maximum atomic E-state index is 10.5. The van der Waals surface area contributed by atoms with Crippen molar-refractivity contribution in [1.29, 1.82) is 0 Å². The number of Topliss-reactive ketones (excluding diaryl/α,β-unsaturated/α-hetero) is 1. The van der Waals surface area contributed by atoms with Crippen molar-refractivity contribution in [3.63, 3.8) is 0 Å². The van der Waals surface area contributed by atoms with E-state index in [0.29, 0.717) is 25.0 Å². The number of carbonyl (C=O) groups excluding carboxylic acids is 1. The van der Waals surface area contributed by atoms with Gasteiger partial charge in [0.15, 0.2) is 0 Å². The van der Waals surface area contributed by atoms with Crippen molar-refractivity contribution in [2.75, 3.05) is 0 Å². The van der Waals surface area contributed by atoms with Crippen LogP contribution in [-0.2, 0) is 4.79 Å². The van der Waals surface area contributed by atoms with Crippen LogP contribution in [0.4, 0.5) is 0 Å². The Morgan fingerprint density at radius 3 is 2.36 bits per heavy atom. The Morgan fingerprint density at radius 1 is 1.55 bits per heavy atom. The van der Waals surface area contributed by atoms with Crippen molar-refractivity contribution in [2.45, 2.75) is 33.1 Å². The van der Waals surface area contributed by atoms with Crippen LogP contribution in [0, 0.1) is 5.21 Å². The normalized spacial score (nSPS) is 12.5. The Hall–Kier alpha value is -1.06. The summed E-state index contributed by atoms with van der Waals surface area (Å²) in [5.74, 6) is 0.0257. The van der Waals surface area contributed by atoms with E-state index in [2.05, 4.69) is 0 Å². The standard InChI is InChI=1S/C7H13NO3/c1-3-7(8(10)11)5-4-6(2)9/h3-5H2,1-2H3,(H,10,11). The van der Waals surface area contributed by atoms with Gasteiger partial charge in [0.1, 0.15) is 5.78 Å². The van der Waals surface area contributed by atoms with Gasteiger partial charge in [-0.3, -0.25) is 5.21 Å².